The SMILES string of the molecule is C=C1C(=O)O[C@@H]2/C=C(\CO)CC/C=C(/C=O)C(OC(C)=O)[C@@H](O)[C@@H]12. The number of hydrogen-bond acceptors (Lipinski definition) is 7. The second-order valence-electron chi connectivity index (χ2n) is 5.79. The number of rotatable bonds is 3. The number of carbonyl (C=O) groups excluding carboxylic acids is 3. The van der Waals surface area contributed by atoms with Crippen molar-refractivity contribution < 1.29 is 34.1 Å². The van der Waals surface area contributed by atoms with E-state index in [0.717, 1.165) is 0 Å². The molecule has 0 saturated carbocycles. The van der Waals surface area contributed by atoms with Gasteiger partial charge in [-0.15, -0.1) is 0 Å². The highest BCUT2D eigenvalue weighted by Gasteiger charge is 2.46. The monoisotopic (exact) mass is 336 g/mol. The largest absolute Gasteiger partial charge is 0.455 e. The van der Waals surface area contributed by atoms with Gasteiger partial charge in [0, 0.05) is 18.1 Å². The summed E-state index contributed by atoms with van der Waals surface area (Å²) in [7, 11) is 0. The number of allylic oxidation sites excluding steroid dienone is 1. The van der Waals surface area contributed by atoms with Crippen LogP contribution in [0.5, 0.6) is 0 Å². The molecule has 1 fully saturated rings. The fourth-order valence-corrected chi connectivity index (χ4v) is 2.95. The summed E-state index contributed by atoms with van der Waals surface area (Å²) in [5.41, 5.74) is 0.749. The summed E-state index contributed by atoms with van der Waals surface area (Å²) < 4.78 is 10.3. The molecule has 0 spiro atoms. The van der Waals surface area contributed by atoms with Gasteiger partial charge in [0.1, 0.15) is 18.5 Å². The van der Waals surface area contributed by atoms with E-state index in [2.05, 4.69) is 6.58 Å². The molecule has 7 heteroatoms. The predicted octanol–water partition coefficient (Wildman–Crippen LogP) is 0.215. The average molecular weight is 336 g/mol. The number of esters is 2. The quantitative estimate of drug-likeness (QED) is 0.328. The van der Waals surface area contributed by atoms with Crippen LogP contribution >= 0.6 is 0 Å². The molecular weight excluding hydrogens is 316 g/mol. The maximum atomic E-state index is 11.8. The van der Waals surface area contributed by atoms with Crippen LogP contribution in [0.2, 0.25) is 0 Å². The van der Waals surface area contributed by atoms with Crippen molar-refractivity contribution in [3.05, 3.63) is 35.5 Å². The summed E-state index contributed by atoms with van der Waals surface area (Å²) >= 11 is 0. The van der Waals surface area contributed by atoms with E-state index in [9.17, 15) is 24.6 Å². The van der Waals surface area contributed by atoms with Gasteiger partial charge in [0.15, 0.2) is 6.10 Å². The topological polar surface area (TPSA) is 110 Å². The summed E-state index contributed by atoms with van der Waals surface area (Å²) in [6, 6.07) is 0. The molecule has 2 N–H and O–H groups in total. The molecular formula is C17H20O7. The lowest BCUT2D eigenvalue weighted by molar-refractivity contribution is -0.152. The van der Waals surface area contributed by atoms with Gasteiger partial charge in [-0.05, 0) is 24.5 Å². The van der Waals surface area contributed by atoms with Crippen LogP contribution in [0.1, 0.15) is 19.8 Å². The Balaban J connectivity index is 2.49. The Hall–Kier alpha value is -2.25. The lowest BCUT2D eigenvalue weighted by atomic mass is 9.84. The highest BCUT2D eigenvalue weighted by Crippen LogP contribution is 2.35. The summed E-state index contributed by atoms with van der Waals surface area (Å²) in [5.74, 6) is -2.22. The second-order valence-corrected chi connectivity index (χ2v) is 5.79. The molecule has 130 valence electrons. The van der Waals surface area contributed by atoms with Gasteiger partial charge in [0.2, 0.25) is 0 Å². The van der Waals surface area contributed by atoms with Crippen LogP contribution in [-0.2, 0) is 23.9 Å². The van der Waals surface area contributed by atoms with Crippen LogP contribution in [0.25, 0.3) is 0 Å². The molecule has 2 aliphatic rings. The molecule has 7 nitrogen and oxygen atoms in total. The van der Waals surface area contributed by atoms with E-state index in [-0.39, 0.29) is 17.8 Å². The normalized spacial score (nSPS) is 35.0. The second kappa shape index (κ2) is 7.55. The van der Waals surface area contributed by atoms with E-state index in [1.807, 2.05) is 0 Å². The Labute approximate surface area is 139 Å². The molecule has 0 aromatic heterocycles. The fraction of sp³-hybridized carbons (Fsp3) is 0.471. The van der Waals surface area contributed by atoms with Gasteiger partial charge >= 0.3 is 11.9 Å². The van der Waals surface area contributed by atoms with E-state index in [1.54, 1.807) is 12.2 Å². The van der Waals surface area contributed by atoms with Crippen molar-refractivity contribution in [2.75, 3.05) is 6.61 Å². The maximum absolute atomic E-state index is 11.8. The maximum Gasteiger partial charge on any atom is 0.334 e. The number of aldehydes is 1. The minimum atomic E-state index is -1.39. The number of carbonyl (C=O) groups is 3. The zero-order chi connectivity index (χ0) is 17.9. The van der Waals surface area contributed by atoms with Crippen molar-refractivity contribution in [2.24, 2.45) is 5.92 Å². The third-order valence-electron chi connectivity index (χ3n) is 4.15. The zero-order valence-corrected chi connectivity index (χ0v) is 13.3. The molecule has 0 radical (unpaired) electrons. The minimum Gasteiger partial charge on any atom is -0.455 e. The fourth-order valence-electron chi connectivity index (χ4n) is 2.95. The average Bonchev–Trinajstić information content (AvgIpc) is 2.81. The molecule has 24 heavy (non-hydrogen) atoms. The number of hydrogen-bond donors (Lipinski definition) is 2. The number of aliphatic hydroxyl groups excluding tert-OH is 2. The van der Waals surface area contributed by atoms with Crippen molar-refractivity contribution in [1.82, 2.24) is 0 Å². The van der Waals surface area contributed by atoms with Crippen molar-refractivity contribution >= 4 is 18.2 Å². The van der Waals surface area contributed by atoms with Crippen LogP contribution in [0.3, 0.4) is 0 Å². The summed E-state index contributed by atoms with van der Waals surface area (Å²) in [5, 5.41) is 20.1. The molecule has 4 atom stereocenters. The van der Waals surface area contributed by atoms with E-state index in [4.69, 9.17) is 9.47 Å². The third-order valence-corrected chi connectivity index (χ3v) is 4.15. The molecule has 0 amide bonds. The molecule has 1 unspecified atom stereocenters. The zero-order valence-electron chi connectivity index (χ0n) is 13.3. The van der Waals surface area contributed by atoms with Crippen LogP contribution < -0.4 is 0 Å². The van der Waals surface area contributed by atoms with E-state index in [0.29, 0.717) is 24.7 Å². The molecule has 0 aromatic carbocycles. The Morgan fingerprint density at radius 1 is 1.54 bits per heavy atom. The lowest BCUT2D eigenvalue weighted by Crippen LogP contribution is -2.42. The molecule has 1 aliphatic heterocycles. The predicted molar refractivity (Wildman–Crippen MR) is 82.6 cm³/mol. The minimum absolute atomic E-state index is 0.0315. The van der Waals surface area contributed by atoms with Gasteiger partial charge in [-0.1, -0.05) is 12.7 Å². The van der Waals surface area contributed by atoms with Crippen molar-refractivity contribution in [1.29, 1.82) is 0 Å². The van der Waals surface area contributed by atoms with Crippen molar-refractivity contribution in [3.8, 4) is 0 Å². The van der Waals surface area contributed by atoms with E-state index >= 15 is 0 Å². The molecule has 0 aromatic rings. The highest BCUT2D eigenvalue weighted by atomic mass is 16.6. The molecule has 1 saturated heterocycles. The Bertz CT molecular complexity index is 616. The Morgan fingerprint density at radius 2 is 2.25 bits per heavy atom. The number of ether oxygens (including phenoxy) is 2. The molecule has 1 heterocycles. The standard InChI is InChI=1S/C17H20O7/c1-9-14-13(24-17(9)22)6-11(7-18)4-3-5-12(8-19)16(15(14)21)23-10(2)20/h5-6,8,13-16,18,21H,1,3-4,7H2,2H3/b11-6-,12-5-/t13-,14+,15+,16?/m1/s1. The lowest BCUT2D eigenvalue weighted by Gasteiger charge is -2.29. The first-order valence-corrected chi connectivity index (χ1v) is 7.59. The van der Waals surface area contributed by atoms with Gasteiger partial charge in [-0.25, -0.2) is 4.79 Å². The summed E-state index contributed by atoms with van der Waals surface area (Å²) in [6.07, 6.45) is 1.03. The van der Waals surface area contributed by atoms with Crippen LogP contribution in [-0.4, -0.2) is 53.4 Å². The summed E-state index contributed by atoms with van der Waals surface area (Å²) in [4.78, 5) is 34.6. The highest BCUT2D eigenvalue weighted by molar-refractivity contribution is 5.91. The van der Waals surface area contributed by atoms with E-state index in [1.165, 1.54) is 6.92 Å². The van der Waals surface area contributed by atoms with Gasteiger partial charge in [0.25, 0.3) is 0 Å². The number of aliphatic hydroxyl groups is 2. The smallest absolute Gasteiger partial charge is 0.334 e. The first-order chi connectivity index (χ1) is 11.4. The van der Waals surface area contributed by atoms with Crippen LogP contribution in [0.15, 0.2) is 35.5 Å². The first-order valence-electron chi connectivity index (χ1n) is 7.59. The third kappa shape index (κ3) is 3.63. The van der Waals surface area contributed by atoms with Gasteiger partial charge in [0.05, 0.1) is 12.5 Å². The van der Waals surface area contributed by atoms with Crippen molar-refractivity contribution in [2.45, 2.75) is 38.1 Å². The Morgan fingerprint density at radius 3 is 2.83 bits per heavy atom. The van der Waals surface area contributed by atoms with E-state index < -0.39 is 36.2 Å². The van der Waals surface area contributed by atoms with Gasteiger partial charge in [-0.2, -0.15) is 0 Å². The Kier molecular flexibility index (Phi) is 5.69. The number of fused-ring (bicyclic) bond motifs is 1. The van der Waals surface area contributed by atoms with Crippen molar-refractivity contribution in [3.63, 3.8) is 0 Å². The molecule has 2 rings (SSSR count). The summed E-state index contributed by atoms with van der Waals surface area (Å²) in [6.45, 7) is 4.57. The molecule has 0 bridgehead atoms. The van der Waals surface area contributed by atoms with Crippen LogP contribution in [0, 0.1) is 5.92 Å². The van der Waals surface area contributed by atoms with Gasteiger partial charge in [-0.3, -0.25) is 9.59 Å². The van der Waals surface area contributed by atoms with Gasteiger partial charge < -0.3 is 19.7 Å². The first kappa shape index (κ1) is 18.1. The molecule has 1 aliphatic carbocycles. The van der Waals surface area contributed by atoms with Crippen LogP contribution in [0.4, 0.5) is 0 Å².